The van der Waals surface area contributed by atoms with Gasteiger partial charge < -0.3 is 9.47 Å². The molecule has 36 heavy (non-hydrogen) atoms. The fourth-order valence-electron chi connectivity index (χ4n) is 2.98. The highest BCUT2D eigenvalue weighted by Gasteiger charge is 2.14. The summed E-state index contributed by atoms with van der Waals surface area (Å²) in [4.78, 5) is 33.9. The van der Waals surface area contributed by atoms with Crippen LogP contribution < -0.4 is 20.3 Å². The number of carbonyl (C=O) groups is 1. The molecule has 0 unspecified atom stereocenters. The van der Waals surface area contributed by atoms with E-state index in [4.69, 9.17) is 9.47 Å². The third-order valence-corrected chi connectivity index (χ3v) is 7.04. The number of rotatable bonds is 9. The number of nitrogens with zero attached hydrogens (tertiary/aromatic N) is 6. The summed E-state index contributed by atoms with van der Waals surface area (Å²) in [6, 6.07) is 8.26. The minimum absolute atomic E-state index is 0.0440. The molecule has 11 nitrogen and oxygen atoms in total. The molecule has 3 heterocycles. The topological polar surface area (TPSA) is 144 Å². The zero-order valence-electron chi connectivity index (χ0n) is 19.3. The average Bonchev–Trinajstić information content (AvgIpc) is 3.53. The summed E-state index contributed by atoms with van der Waals surface area (Å²) in [6.45, 7) is 2.01. The van der Waals surface area contributed by atoms with Crippen molar-refractivity contribution in [2.45, 2.75) is 25.1 Å². The molecule has 4 aromatic rings. The highest BCUT2D eigenvalue weighted by Crippen LogP contribution is 2.30. The maximum absolute atomic E-state index is 12.5. The molecule has 0 atom stereocenters. The summed E-state index contributed by atoms with van der Waals surface area (Å²) in [5.41, 5.74) is 0.632. The van der Waals surface area contributed by atoms with Crippen LogP contribution in [0, 0.1) is 11.3 Å². The number of aryl methyl sites for hydroxylation is 1. The lowest BCUT2D eigenvalue weighted by Crippen LogP contribution is -2.16. The number of ether oxygens (including phenoxy) is 2. The molecule has 0 aliphatic carbocycles. The quantitative estimate of drug-likeness (QED) is 0.190. The molecule has 0 fully saturated rings. The molecule has 184 valence electrons. The maximum atomic E-state index is 12.5. The number of thioether (sulfide) groups is 1. The summed E-state index contributed by atoms with van der Waals surface area (Å²) in [6.07, 6.45) is 3.98. The first-order valence-electron chi connectivity index (χ1n) is 10.4. The second kappa shape index (κ2) is 11.3. The van der Waals surface area contributed by atoms with Crippen molar-refractivity contribution in [2.24, 2.45) is 0 Å². The number of aromatic nitrogens is 5. The Labute approximate surface area is 217 Å². The number of hydrogen-bond donors (Lipinski definition) is 1. The number of methoxy groups -OCH3 is 1. The van der Waals surface area contributed by atoms with E-state index in [1.165, 1.54) is 46.9 Å². The molecule has 0 radical (unpaired) electrons. The molecule has 14 heteroatoms. The zero-order valence-corrected chi connectivity index (χ0v) is 21.8. The first-order chi connectivity index (χ1) is 17.4. The zero-order chi connectivity index (χ0) is 25.7. The summed E-state index contributed by atoms with van der Waals surface area (Å²) in [5.74, 6) is 0.207. The van der Waals surface area contributed by atoms with Gasteiger partial charge in [0.1, 0.15) is 23.3 Å². The van der Waals surface area contributed by atoms with Gasteiger partial charge in [0.05, 0.1) is 12.8 Å². The van der Waals surface area contributed by atoms with Crippen LogP contribution in [0.2, 0.25) is 0 Å². The van der Waals surface area contributed by atoms with Crippen LogP contribution in [-0.2, 0) is 17.8 Å². The molecule has 4 rings (SSSR count). The van der Waals surface area contributed by atoms with Crippen LogP contribution in [0.4, 0.5) is 5.13 Å². The molecule has 0 saturated heterocycles. The number of nitriles is 1. The van der Waals surface area contributed by atoms with Gasteiger partial charge in [0.25, 0.3) is 11.5 Å². The van der Waals surface area contributed by atoms with E-state index in [1.54, 1.807) is 18.2 Å². The smallest absolute Gasteiger partial charge is 0.275 e. The van der Waals surface area contributed by atoms with Gasteiger partial charge in [-0.3, -0.25) is 14.9 Å². The second-order valence-electron chi connectivity index (χ2n) is 7.04. The molecule has 0 aliphatic heterocycles. The first kappa shape index (κ1) is 25.3. The number of carbonyl (C=O) groups excluding carboxylic acids is 1. The number of amides is 1. The van der Waals surface area contributed by atoms with E-state index in [9.17, 15) is 14.9 Å². The molecule has 1 aromatic carbocycles. The normalized spacial score (nSPS) is 11.3. The summed E-state index contributed by atoms with van der Waals surface area (Å²) < 4.78 is 16.6. The molecule has 1 amide bonds. The third-order valence-electron chi connectivity index (χ3n) is 4.69. The molecule has 3 aromatic heterocycles. The predicted molar refractivity (Wildman–Crippen MR) is 138 cm³/mol. The van der Waals surface area contributed by atoms with Crippen LogP contribution >= 0.6 is 34.6 Å². The average molecular weight is 542 g/mol. The van der Waals surface area contributed by atoms with Gasteiger partial charge in [-0.1, -0.05) is 36.1 Å². The van der Waals surface area contributed by atoms with E-state index in [-0.39, 0.29) is 17.7 Å². The Morgan fingerprint density at radius 3 is 2.83 bits per heavy atom. The second-order valence-corrected chi connectivity index (χ2v) is 9.60. The van der Waals surface area contributed by atoms with E-state index in [0.717, 1.165) is 16.5 Å². The Balaban J connectivity index is 1.49. The Bertz CT molecular complexity index is 1550. The fourth-order valence-corrected chi connectivity index (χ4v) is 4.96. The van der Waals surface area contributed by atoms with E-state index >= 15 is 0 Å². The standard InChI is InChI=1S/C22H19N7O4S3/c1-4-17-27-29-18(30)9-14(24-22(29)35-17)11-33-15-6-5-12(8-16(15)32-2)7-13(10-23)19(31)25-20-26-21(34-3)28-36-20/h5-9H,4,11H2,1-3H3,(H,25,26,28,31). The third kappa shape index (κ3) is 5.70. The maximum Gasteiger partial charge on any atom is 0.275 e. The Morgan fingerprint density at radius 2 is 2.14 bits per heavy atom. The van der Waals surface area contributed by atoms with Gasteiger partial charge in [0.15, 0.2) is 11.5 Å². The van der Waals surface area contributed by atoms with Gasteiger partial charge in [-0.05, 0) is 36.4 Å². The Kier molecular flexibility index (Phi) is 7.93. The van der Waals surface area contributed by atoms with Gasteiger partial charge in [-0.15, -0.1) is 0 Å². The van der Waals surface area contributed by atoms with Crippen molar-refractivity contribution >= 4 is 56.7 Å². The SMILES string of the molecule is CCc1nn2c(=O)cc(COc3ccc(C=C(C#N)C(=O)Nc4nc(SC)ns4)cc3OC)nc2s1. The van der Waals surface area contributed by atoms with Gasteiger partial charge in [-0.25, -0.2) is 4.98 Å². The molecule has 1 N–H and O–H groups in total. The van der Waals surface area contributed by atoms with E-state index in [2.05, 4.69) is 24.8 Å². The van der Waals surface area contributed by atoms with Gasteiger partial charge in [0.2, 0.25) is 15.2 Å². The number of fused-ring (bicyclic) bond motifs is 1. The Hall–Kier alpha value is -3.80. The van der Waals surface area contributed by atoms with Crippen molar-refractivity contribution in [1.29, 1.82) is 5.26 Å². The van der Waals surface area contributed by atoms with Crippen LogP contribution in [0.5, 0.6) is 11.5 Å². The molecular weight excluding hydrogens is 522 g/mol. The molecule has 0 bridgehead atoms. The van der Waals surface area contributed by atoms with Gasteiger partial charge in [0, 0.05) is 17.6 Å². The first-order valence-corrected chi connectivity index (χ1v) is 13.3. The van der Waals surface area contributed by atoms with Gasteiger partial charge >= 0.3 is 0 Å². The Morgan fingerprint density at radius 1 is 1.31 bits per heavy atom. The molecule has 0 aliphatic rings. The lowest BCUT2D eigenvalue weighted by Gasteiger charge is -2.11. The highest BCUT2D eigenvalue weighted by atomic mass is 32.2. The largest absolute Gasteiger partial charge is 0.493 e. The number of hydrogen-bond acceptors (Lipinski definition) is 12. The summed E-state index contributed by atoms with van der Waals surface area (Å²) in [7, 11) is 1.48. The molecular formula is C22H19N7O4S3. The summed E-state index contributed by atoms with van der Waals surface area (Å²) >= 11 is 3.75. The number of benzene rings is 1. The van der Waals surface area contributed by atoms with Crippen LogP contribution in [-0.4, -0.2) is 43.2 Å². The van der Waals surface area contributed by atoms with Crippen molar-refractivity contribution in [3.8, 4) is 17.6 Å². The van der Waals surface area contributed by atoms with E-state index < -0.39 is 5.91 Å². The van der Waals surface area contributed by atoms with Crippen molar-refractivity contribution in [3.63, 3.8) is 0 Å². The lowest BCUT2D eigenvalue weighted by atomic mass is 10.1. The van der Waals surface area contributed by atoms with Crippen LogP contribution in [0.25, 0.3) is 11.0 Å². The van der Waals surface area contributed by atoms with E-state index in [1.807, 2.05) is 19.2 Å². The highest BCUT2D eigenvalue weighted by molar-refractivity contribution is 7.98. The summed E-state index contributed by atoms with van der Waals surface area (Å²) in [5, 5.41) is 18.0. The minimum Gasteiger partial charge on any atom is -0.493 e. The van der Waals surface area contributed by atoms with Crippen molar-refractivity contribution in [1.82, 2.24) is 24.0 Å². The number of anilines is 1. The van der Waals surface area contributed by atoms with Crippen molar-refractivity contribution in [2.75, 3.05) is 18.7 Å². The monoisotopic (exact) mass is 541 g/mol. The molecule has 0 spiro atoms. The number of nitrogens with one attached hydrogen (secondary N) is 1. The predicted octanol–water partition coefficient (Wildman–Crippen LogP) is 3.42. The fraction of sp³-hybridized carbons (Fsp3) is 0.227. The van der Waals surface area contributed by atoms with Crippen LogP contribution in [0.1, 0.15) is 23.2 Å². The van der Waals surface area contributed by atoms with Gasteiger partial charge in [-0.2, -0.15) is 24.2 Å². The van der Waals surface area contributed by atoms with Crippen LogP contribution in [0.3, 0.4) is 0 Å². The minimum atomic E-state index is -0.595. The van der Waals surface area contributed by atoms with Crippen molar-refractivity contribution < 1.29 is 14.3 Å². The van der Waals surface area contributed by atoms with Crippen molar-refractivity contribution in [3.05, 3.63) is 56.5 Å². The molecule has 0 saturated carbocycles. The van der Waals surface area contributed by atoms with E-state index in [0.29, 0.717) is 44.4 Å². The lowest BCUT2D eigenvalue weighted by molar-refractivity contribution is -0.112. The van der Waals surface area contributed by atoms with Crippen LogP contribution in [0.15, 0.2) is 39.8 Å².